The van der Waals surface area contributed by atoms with Gasteiger partial charge in [-0.1, -0.05) is 19.9 Å². The Labute approximate surface area is 170 Å². The van der Waals surface area contributed by atoms with Crippen molar-refractivity contribution >= 4 is 23.3 Å². The molecule has 150 valence electrons. The molecular formula is C21H26N2O4S. The molecule has 0 aliphatic carbocycles. The fourth-order valence-electron chi connectivity index (χ4n) is 2.69. The van der Waals surface area contributed by atoms with Gasteiger partial charge in [0, 0.05) is 0 Å². The second-order valence-electron chi connectivity index (χ2n) is 6.56. The average molecular weight is 403 g/mol. The molecule has 0 atom stereocenters. The highest BCUT2D eigenvalue weighted by molar-refractivity contribution is 7.98. The number of rotatable bonds is 7. The Hall–Kier alpha value is -2.54. The third kappa shape index (κ3) is 5.04. The first-order valence-electron chi connectivity index (χ1n) is 8.84. The molecule has 0 saturated heterocycles. The summed E-state index contributed by atoms with van der Waals surface area (Å²) in [5.74, 6) is 1.28. The zero-order valence-corrected chi connectivity index (χ0v) is 18.1. The molecular weight excluding hydrogens is 376 g/mol. The molecule has 1 aromatic heterocycles. The monoisotopic (exact) mass is 402 g/mol. The normalized spacial score (nSPS) is 11.5. The molecule has 0 bridgehead atoms. The van der Waals surface area contributed by atoms with Crippen molar-refractivity contribution < 1.29 is 19.0 Å². The van der Waals surface area contributed by atoms with E-state index in [0.29, 0.717) is 28.1 Å². The van der Waals surface area contributed by atoms with Gasteiger partial charge in [0.15, 0.2) is 0 Å². The highest BCUT2D eigenvalue weighted by Gasteiger charge is 2.25. The number of ether oxygens (including phenoxy) is 3. The van der Waals surface area contributed by atoms with Crippen LogP contribution < -0.4 is 4.74 Å². The number of carbonyl (C=O) groups excluding carboxylic acids is 1. The van der Waals surface area contributed by atoms with Crippen LogP contribution in [0.15, 0.2) is 29.5 Å². The fraction of sp³-hybridized carbons (Fsp3) is 0.381. The summed E-state index contributed by atoms with van der Waals surface area (Å²) >= 11 is 1.39. The number of hydrogen-bond donors (Lipinski definition) is 0. The van der Waals surface area contributed by atoms with E-state index in [0.717, 1.165) is 11.1 Å². The number of nitrogens with zero attached hydrogens (tertiary/aromatic N) is 2. The van der Waals surface area contributed by atoms with Gasteiger partial charge >= 0.3 is 5.97 Å². The number of aromatic nitrogens is 2. The Morgan fingerprint density at radius 1 is 1.14 bits per heavy atom. The van der Waals surface area contributed by atoms with E-state index in [1.807, 2.05) is 25.3 Å². The first-order chi connectivity index (χ1) is 13.3. The van der Waals surface area contributed by atoms with Crippen LogP contribution in [0.25, 0.3) is 5.57 Å². The Morgan fingerprint density at radius 3 is 2.43 bits per heavy atom. The van der Waals surface area contributed by atoms with Gasteiger partial charge in [-0.05, 0) is 49.3 Å². The molecule has 0 aliphatic rings. The first-order valence-corrected chi connectivity index (χ1v) is 10.1. The second-order valence-corrected chi connectivity index (χ2v) is 7.35. The van der Waals surface area contributed by atoms with Crippen molar-refractivity contribution in [2.45, 2.75) is 38.6 Å². The second kappa shape index (κ2) is 9.59. The van der Waals surface area contributed by atoms with E-state index in [9.17, 15) is 4.79 Å². The van der Waals surface area contributed by atoms with Crippen LogP contribution in [0.2, 0.25) is 0 Å². The summed E-state index contributed by atoms with van der Waals surface area (Å²) in [6.07, 6.45) is 3.20. The van der Waals surface area contributed by atoms with E-state index in [-0.39, 0.29) is 11.5 Å². The molecule has 0 fully saturated rings. The van der Waals surface area contributed by atoms with Crippen LogP contribution in [0, 0.1) is 13.8 Å². The molecule has 0 spiro atoms. The topological polar surface area (TPSA) is 70.5 Å². The Balaban J connectivity index is 2.66. The SMILES string of the molecule is CO/C=C(/C(=O)OC)c1c(Oc2cc(C)cc(C(C)C)c2)nc(C)nc1SC. The van der Waals surface area contributed by atoms with Crippen molar-refractivity contribution in [2.75, 3.05) is 20.5 Å². The van der Waals surface area contributed by atoms with Crippen LogP contribution in [-0.2, 0) is 14.3 Å². The molecule has 1 aromatic carbocycles. The predicted octanol–water partition coefficient (Wildman–Crippen LogP) is 4.89. The molecule has 2 aromatic rings. The van der Waals surface area contributed by atoms with E-state index in [1.165, 1.54) is 32.2 Å². The molecule has 7 heteroatoms. The van der Waals surface area contributed by atoms with Crippen molar-refractivity contribution in [3.63, 3.8) is 0 Å². The molecule has 6 nitrogen and oxygen atoms in total. The molecule has 0 amide bonds. The molecule has 0 N–H and O–H groups in total. The number of esters is 1. The van der Waals surface area contributed by atoms with Crippen LogP contribution in [0.1, 0.15) is 42.3 Å². The number of methoxy groups -OCH3 is 2. The number of benzene rings is 1. The minimum absolute atomic E-state index is 0.195. The molecule has 0 unspecified atom stereocenters. The highest BCUT2D eigenvalue weighted by Crippen LogP contribution is 2.36. The van der Waals surface area contributed by atoms with Crippen molar-refractivity contribution in [2.24, 2.45) is 0 Å². The largest absolute Gasteiger partial charge is 0.503 e. The molecule has 0 saturated carbocycles. The van der Waals surface area contributed by atoms with E-state index >= 15 is 0 Å². The third-order valence-electron chi connectivity index (χ3n) is 4.01. The zero-order chi connectivity index (χ0) is 20.8. The van der Waals surface area contributed by atoms with Gasteiger partial charge in [-0.15, -0.1) is 11.8 Å². The predicted molar refractivity (Wildman–Crippen MR) is 111 cm³/mol. The van der Waals surface area contributed by atoms with E-state index < -0.39 is 5.97 Å². The standard InChI is InChI=1S/C21H26N2O4S/c1-12(2)15-8-13(3)9-16(10-15)27-19-18(17(11-25-5)21(24)26-6)20(28-7)23-14(4)22-19/h8-12H,1-7H3/b17-11+. The summed E-state index contributed by atoms with van der Waals surface area (Å²) in [6, 6.07) is 6.04. The van der Waals surface area contributed by atoms with E-state index in [4.69, 9.17) is 14.2 Å². The first kappa shape index (κ1) is 21.8. The lowest BCUT2D eigenvalue weighted by Gasteiger charge is -2.16. The zero-order valence-electron chi connectivity index (χ0n) is 17.3. The summed E-state index contributed by atoms with van der Waals surface area (Å²) in [5.41, 5.74) is 2.88. The highest BCUT2D eigenvalue weighted by atomic mass is 32.2. The summed E-state index contributed by atoms with van der Waals surface area (Å²) < 4.78 is 16.2. The molecule has 28 heavy (non-hydrogen) atoms. The molecule has 0 radical (unpaired) electrons. The summed E-state index contributed by atoms with van der Waals surface area (Å²) in [4.78, 5) is 21.3. The number of aryl methyl sites for hydroxylation is 2. The van der Waals surface area contributed by atoms with Crippen LogP contribution in [-0.4, -0.2) is 36.4 Å². The Morgan fingerprint density at radius 2 is 1.86 bits per heavy atom. The Kier molecular flexibility index (Phi) is 7.45. The van der Waals surface area contributed by atoms with Gasteiger partial charge in [0.05, 0.1) is 26.0 Å². The van der Waals surface area contributed by atoms with Gasteiger partial charge in [0.1, 0.15) is 22.2 Å². The van der Waals surface area contributed by atoms with Gasteiger partial charge in [0.25, 0.3) is 0 Å². The summed E-state index contributed by atoms with van der Waals surface area (Å²) in [7, 11) is 2.78. The minimum Gasteiger partial charge on any atom is -0.503 e. The lowest BCUT2D eigenvalue weighted by molar-refractivity contribution is -0.133. The van der Waals surface area contributed by atoms with E-state index in [2.05, 4.69) is 29.9 Å². The Bertz CT molecular complexity index is 894. The molecule has 0 aliphatic heterocycles. The van der Waals surface area contributed by atoms with E-state index in [1.54, 1.807) is 6.92 Å². The van der Waals surface area contributed by atoms with Crippen molar-refractivity contribution in [1.29, 1.82) is 0 Å². The molecule has 1 heterocycles. The summed E-state index contributed by atoms with van der Waals surface area (Å²) in [5, 5.41) is 0.605. The van der Waals surface area contributed by atoms with Gasteiger partial charge < -0.3 is 14.2 Å². The van der Waals surface area contributed by atoms with Gasteiger partial charge in [0.2, 0.25) is 5.88 Å². The van der Waals surface area contributed by atoms with Crippen LogP contribution in [0.3, 0.4) is 0 Å². The maximum atomic E-state index is 12.4. The van der Waals surface area contributed by atoms with Crippen LogP contribution >= 0.6 is 11.8 Å². The molecule has 2 rings (SSSR count). The van der Waals surface area contributed by atoms with Gasteiger partial charge in [-0.25, -0.2) is 9.78 Å². The fourth-order valence-corrected chi connectivity index (χ4v) is 3.32. The van der Waals surface area contributed by atoms with Crippen LogP contribution in [0.5, 0.6) is 11.6 Å². The third-order valence-corrected chi connectivity index (χ3v) is 4.69. The number of thioether (sulfide) groups is 1. The van der Waals surface area contributed by atoms with Crippen molar-refractivity contribution in [3.8, 4) is 11.6 Å². The lowest BCUT2D eigenvalue weighted by atomic mass is 10.0. The van der Waals surface area contributed by atoms with Crippen molar-refractivity contribution in [3.05, 3.63) is 47.0 Å². The lowest BCUT2D eigenvalue weighted by Crippen LogP contribution is -2.10. The maximum Gasteiger partial charge on any atom is 0.341 e. The van der Waals surface area contributed by atoms with Crippen molar-refractivity contribution in [1.82, 2.24) is 9.97 Å². The number of hydrogen-bond acceptors (Lipinski definition) is 7. The quantitative estimate of drug-likeness (QED) is 0.215. The minimum atomic E-state index is -0.554. The average Bonchev–Trinajstić information content (AvgIpc) is 2.65. The van der Waals surface area contributed by atoms with Gasteiger partial charge in [-0.2, -0.15) is 4.98 Å². The summed E-state index contributed by atoms with van der Waals surface area (Å²) in [6.45, 7) is 8.05. The van der Waals surface area contributed by atoms with Crippen LogP contribution in [0.4, 0.5) is 0 Å². The van der Waals surface area contributed by atoms with Gasteiger partial charge in [-0.3, -0.25) is 0 Å². The maximum absolute atomic E-state index is 12.4. The smallest absolute Gasteiger partial charge is 0.341 e. The number of carbonyl (C=O) groups is 1.